The van der Waals surface area contributed by atoms with Crippen LogP contribution in [-0.2, 0) is 4.74 Å². The average molecular weight is 528 g/mol. The molecule has 13 heteroatoms. The van der Waals surface area contributed by atoms with Crippen LogP contribution in [-0.4, -0.2) is 39.4 Å². The summed E-state index contributed by atoms with van der Waals surface area (Å²) in [6.07, 6.45) is -6.66. The zero-order valence-corrected chi connectivity index (χ0v) is 18.2. The Kier molecular flexibility index (Phi) is 13.6. The third-order valence-electron chi connectivity index (χ3n) is 3.20. The molecule has 0 saturated carbocycles. The Bertz CT molecular complexity index is 824. The van der Waals surface area contributed by atoms with Crippen LogP contribution in [0.3, 0.4) is 0 Å². The summed E-state index contributed by atoms with van der Waals surface area (Å²) in [5, 5.41) is 0.533. The molecule has 0 aliphatic carbocycles. The van der Waals surface area contributed by atoms with Crippen LogP contribution >= 0.6 is 23.2 Å². The van der Waals surface area contributed by atoms with Crippen molar-refractivity contribution in [3.8, 4) is 11.5 Å². The molecule has 0 atom stereocenters. The highest BCUT2D eigenvalue weighted by Gasteiger charge is 2.32. The molecule has 1 heterocycles. The summed E-state index contributed by atoms with van der Waals surface area (Å²) in [6, 6.07) is 8.22. The van der Waals surface area contributed by atoms with E-state index in [2.05, 4.69) is 9.47 Å². The predicted molar refractivity (Wildman–Crippen MR) is 109 cm³/mol. The molecule has 0 amide bonds. The Morgan fingerprint density at radius 1 is 0.909 bits per heavy atom. The molecule has 1 aliphatic rings. The number of carbonyl (C=O) groups excluding carboxylic acids is 1. The molecular weight excluding hydrogens is 508 g/mol. The first-order valence-electron chi connectivity index (χ1n) is 9.46. The van der Waals surface area contributed by atoms with Gasteiger partial charge in [0.2, 0.25) is 0 Å². The molecule has 33 heavy (non-hydrogen) atoms. The minimum Gasteiger partial charge on any atom is -0.406 e. The first-order chi connectivity index (χ1) is 15.8. The van der Waals surface area contributed by atoms with Crippen molar-refractivity contribution in [3.63, 3.8) is 0 Å². The normalized spacial score (nSPS) is 13.1. The summed E-state index contributed by atoms with van der Waals surface area (Å²) >= 11 is 10.9. The standard InChI is InChI=1S/C8H4ClF3O2.C7H4ClF3O.C4H8O.CH3F/c9-6-1-2-7(5(3-6)4-13)14-8(10,11)12;8-5-1-3-6(4-2-5)12-7(9,10)11;1-2-4-5-3-1;1-2/h1-4H;1-4H;1-4H2;1H3/i;;;1D. The van der Waals surface area contributed by atoms with Gasteiger partial charge in [0, 0.05) is 23.3 Å². The molecule has 0 N–H and O–H groups in total. The van der Waals surface area contributed by atoms with Crippen molar-refractivity contribution in [1.82, 2.24) is 0 Å². The van der Waals surface area contributed by atoms with Gasteiger partial charge in [-0.3, -0.25) is 9.18 Å². The van der Waals surface area contributed by atoms with Gasteiger partial charge in [-0.2, -0.15) is 0 Å². The second-order valence-corrected chi connectivity index (χ2v) is 6.54. The summed E-state index contributed by atoms with van der Waals surface area (Å²) in [5.74, 6) is -0.830. The Morgan fingerprint density at radius 3 is 1.79 bits per heavy atom. The molecule has 3 rings (SSSR count). The number of hydrogen-bond donors (Lipinski definition) is 0. The minimum atomic E-state index is -4.81. The second-order valence-electron chi connectivity index (χ2n) is 5.67. The van der Waals surface area contributed by atoms with Crippen LogP contribution in [0.1, 0.15) is 24.6 Å². The van der Waals surface area contributed by atoms with Gasteiger partial charge in [-0.1, -0.05) is 23.2 Å². The largest absolute Gasteiger partial charge is 0.573 e. The van der Waals surface area contributed by atoms with Crippen LogP contribution in [0.2, 0.25) is 10.0 Å². The van der Waals surface area contributed by atoms with E-state index in [0.29, 0.717) is 5.02 Å². The Hall–Kier alpha value is -2.24. The monoisotopic (exact) mass is 527 g/mol. The molecule has 1 saturated heterocycles. The van der Waals surface area contributed by atoms with E-state index >= 15 is 0 Å². The van der Waals surface area contributed by atoms with Crippen LogP contribution in [0.5, 0.6) is 11.5 Å². The zero-order chi connectivity index (χ0) is 26.2. The maximum absolute atomic E-state index is 11.8. The molecule has 2 aromatic carbocycles. The van der Waals surface area contributed by atoms with Crippen LogP contribution in [0.4, 0.5) is 30.7 Å². The van der Waals surface area contributed by atoms with Crippen LogP contribution in [0.15, 0.2) is 42.5 Å². The molecule has 186 valence electrons. The van der Waals surface area contributed by atoms with Crippen molar-refractivity contribution in [3.05, 3.63) is 58.1 Å². The maximum Gasteiger partial charge on any atom is 0.573 e. The lowest BCUT2D eigenvalue weighted by atomic mass is 10.2. The van der Waals surface area contributed by atoms with E-state index in [4.69, 9.17) is 29.3 Å². The van der Waals surface area contributed by atoms with Crippen LogP contribution < -0.4 is 9.47 Å². The molecule has 0 spiro atoms. The average Bonchev–Trinajstić information content (AvgIpc) is 3.30. The van der Waals surface area contributed by atoms with Crippen LogP contribution in [0, 0.1) is 0 Å². The summed E-state index contributed by atoms with van der Waals surface area (Å²) in [6.45, 7) is 2.00. The number of halogens is 9. The lowest BCUT2D eigenvalue weighted by Crippen LogP contribution is -2.18. The highest BCUT2D eigenvalue weighted by Crippen LogP contribution is 2.27. The predicted octanol–water partition coefficient (Wildman–Crippen LogP) is 7.67. The highest BCUT2D eigenvalue weighted by atomic mass is 35.5. The van der Waals surface area contributed by atoms with E-state index in [-0.39, 0.29) is 22.6 Å². The summed E-state index contributed by atoms with van der Waals surface area (Å²) < 4.78 is 97.8. The number of carbonyl (C=O) groups is 1. The van der Waals surface area contributed by atoms with Gasteiger partial charge in [-0.25, -0.2) is 0 Å². The van der Waals surface area contributed by atoms with E-state index in [1.807, 2.05) is 0 Å². The number of ether oxygens (including phenoxy) is 3. The topological polar surface area (TPSA) is 44.8 Å². The van der Waals surface area contributed by atoms with Crippen molar-refractivity contribution >= 4 is 29.5 Å². The fraction of sp³-hybridized carbons (Fsp3) is 0.350. The third-order valence-corrected chi connectivity index (χ3v) is 3.69. The molecule has 0 radical (unpaired) electrons. The molecule has 1 fully saturated rings. The van der Waals surface area contributed by atoms with Gasteiger partial charge < -0.3 is 14.2 Å². The number of benzene rings is 2. The van der Waals surface area contributed by atoms with Gasteiger partial charge in [-0.05, 0) is 55.3 Å². The molecule has 1 aliphatic heterocycles. The molecule has 4 nitrogen and oxygen atoms in total. The van der Waals surface area contributed by atoms with Gasteiger partial charge in [0.15, 0.2) is 6.29 Å². The SMILES string of the molecule is C1CCOC1.FC(F)(F)Oc1ccc(Cl)cc1.O=Cc1cc(Cl)ccc1OC(F)(F)F.[2H]CF. The quantitative estimate of drug-likeness (QED) is 0.303. The number of rotatable bonds is 3. The maximum atomic E-state index is 11.8. The van der Waals surface area contributed by atoms with E-state index in [0.717, 1.165) is 37.5 Å². The highest BCUT2D eigenvalue weighted by molar-refractivity contribution is 6.31. The third kappa shape index (κ3) is 16.1. The number of aldehydes is 1. The van der Waals surface area contributed by atoms with E-state index in [9.17, 15) is 35.5 Å². The summed E-state index contributed by atoms with van der Waals surface area (Å²) in [5.41, 5.74) is -0.241. The number of alkyl halides is 7. The smallest absolute Gasteiger partial charge is 0.406 e. The van der Waals surface area contributed by atoms with Gasteiger partial charge >= 0.3 is 12.7 Å². The minimum absolute atomic E-state index is 0.168. The summed E-state index contributed by atoms with van der Waals surface area (Å²) in [4.78, 5) is 10.4. The lowest BCUT2D eigenvalue weighted by Gasteiger charge is -2.10. The summed E-state index contributed by atoms with van der Waals surface area (Å²) in [7, 11) is -1.00. The molecule has 0 aromatic heterocycles. The van der Waals surface area contributed by atoms with Gasteiger partial charge in [0.1, 0.15) is 11.5 Å². The first-order valence-corrected chi connectivity index (χ1v) is 9.51. The molecule has 2 aromatic rings. The molecule has 0 bridgehead atoms. The first kappa shape index (κ1) is 28.8. The van der Waals surface area contributed by atoms with Gasteiger partial charge in [-0.15, -0.1) is 26.3 Å². The van der Waals surface area contributed by atoms with Crippen molar-refractivity contribution in [2.24, 2.45) is 0 Å². The van der Waals surface area contributed by atoms with Crippen molar-refractivity contribution in [2.75, 3.05) is 20.4 Å². The second kappa shape index (κ2) is 15.6. The van der Waals surface area contributed by atoms with Gasteiger partial charge in [0.25, 0.3) is 0 Å². The fourth-order valence-electron chi connectivity index (χ4n) is 1.98. The van der Waals surface area contributed by atoms with Crippen LogP contribution in [0.25, 0.3) is 0 Å². The van der Waals surface area contributed by atoms with Crippen molar-refractivity contribution in [1.29, 1.82) is 0 Å². The molecule has 0 unspecified atom stereocenters. The zero-order valence-electron chi connectivity index (χ0n) is 17.7. The van der Waals surface area contributed by atoms with Crippen molar-refractivity contribution in [2.45, 2.75) is 25.6 Å². The Balaban J connectivity index is 0.000000489. The number of hydrogen-bond acceptors (Lipinski definition) is 4. The molecular formula is C20H19Cl2F7O4. The van der Waals surface area contributed by atoms with E-state index < -0.39 is 25.6 Å². The van der Waals surface area contributed by atoms with E-state index in [1.165, 1.54) is 31.0 Å². The Labute approximate surface area is 196 Å². The van der Waals surface area contributed by atoms with Gasteiger partial charge in [0.05, 0.1) is 14.1 Å². The Morgan fingerprint density at radius 2 is 1.39 bits per heavy atom. The van der Waals surface area contributed by atoms with Crippen molar-refractivity contribution < 1.29 is 51.1 Å². The van der Waals surface area contributed by atoms with E-state index in [1.54, 1.807) is 0 Å². The lowest BCUT2D eigenvalue weighted by molar-refractivity contribution is -0.275. The fourth-order valence-corrected chi connectivity index (χ4v) is 2.28.